The number of hydrogen-bond acceptors (Lipinski definition) is 2. The average Bonchev–Trinajstić information content (AvgIpc) is 3.02. The van der Waals surface area contributed by atoms with E-state index in [4.69, 9.17) is 5.73 Å². The van der Waals surface area contributed by atoms with Crippen molar-refractivity contribution in [2.45, 2.75) is 26.3 Å². The van der Waals surface area contributed by atoms with Crippen LogP contribution in [0.25, 0.3) is 11.3 Å². The fourth-order valence-electron chi connectivity index (χ4n) is 2.29. The third kappa shape index (κ3) is 5.12. The third-order valence-electron chi connectivity index (χ3n) is 4.00. The second-order valence-corrected chi connectivity index (χ2v) is 6.07. The van der Waals surface area contributed by atoms with Crippen LogP contribution in [-0.2, 0) is 0 Å². The molecule has 23 heavy (non-hydrogen) atoms. The monoisotopic (exact) mass is 335 g/mol. The van der Waals surface area contributed by atoms with Crippen molar-refractivity contribution < 1.29 is 4.79 Å². The Morgan fingerprint density at radius 3 is 2.43 bits per heavy atom. The first-order valence-corrected chi connectivity index (χ1v) is 7.74. The van der Waals surface area contributed by atoms with Crippen LogP contribution in [0.2, 0.25) is 0 Å². The Morgan fingerprint density at radius 1 is 1.17 bits per heavy atom. The van der Waals surface area contributed by atoms with Gasteiger partial charge >= 0.3 is 0 Å². The number of nitrogens with two attached hydrogens (primary N) is 1. The standard InChI is InChI=1S/C18H25N3O.ClH/c1-13(2)15(19)11-12-21(3)18(22)17-10-9-16(20-17)14-7-5-4-6-8-14;/h4-10,13,15,20H,11-12,19H2,1-3H3;1H. The number of nitrogens with one attached hydrogen (secondary N) is 1. The highest BCUT2D eigenvalue weighted by Crippen LogP contribution is 2.18. The van der Waals surface area contributed by atoms with E-state index in [1.807, 2.05) is 49.5 Å². The van der Waals surface area contributed by atoms with E-state index < -0.39 is 0 Å². The molecule has 1 heterocycles. The zero-order valence-electron chi connectivity index (χ0n) is 14.0. The summed E-state index contributed by atoms with van der Waals surface area (Å²) in [5.74, 6) is 0.428. The number of aromatic amines is 1. The van der Waals surface area contributed by atoms with Gasteiger partial charge in [0, 0.05) is 25.3 Å². The second-order valence-electron chi connectivity index (χ2n) is 6.07. The molecule has 1 aromatic heterocycles. The highest BCUT2D eigenvalue weighted by Gasteiger charge is 2.16. The highest BCUT2D eigenvalue weighted by atomic mass is 35.5. The van der Waals surface area contributed by atoms with Gasteiger partial charge in [-0.25, -0.2) is 0 Å². The number of halogens is 1. The van der Waals surface area contributed by atoms with Crippen molar-refractivity contribution in [3.8, 4) is 11.3 Å². The lowest BCUT2D eigenvalue weighted by Crippen LogP contribution is -2.34. The molecular formula is C18H26ClN3O. The molecule has 0 fully saturated rings. The van der Waals surface area contributed by atoms with Crippen molar-refractivity contribution in [1.29, 1.82) is 0 Å². The lowest BCUT2D eigenvalue weighted by Gasteiger charge is -2.21. The number of H-pyrrole nitrogens is 1. The van der Waals surface area contributed by atoms with Gasteiger partial charge in [-0.2, -0.15) is 0 Å². The molecule has 0 aliphatic rings. The van der Waals surface area contributed by atoms with Crippen LogP contribution in [0.15, 0.2) is 42.5 Å². The van der Waals surface area contributed by atoms with Crippen LogP contribution in [0, 0.1) is 5.92 Å². The van der Waals surface area contributed by atoms with Crippen molar-refractivity contribution in [2.75, 3.05) is 13.6 Å². The number of carbonyl (C=O) groups is 1. The summed E-state index contributed by atoms with van der Waals surface area (Å²) in [5.41, 5.74) is 8.68. The van der Waals surface area contributed by atoms with Gasteiger partial charge in [-0.15, -0.1) is 12.4 Å². The van der Waals surface area contributed by atoms with Crippen LogP contribution in [0.5, 0.6) is 0 Å². The second kappa shape index (κ2) is 8.75. The van der Waals surface area contributed by atoms with Gasteiger partial charge in [0.25, 0.3) is 5.91 Å². The van der Waals surface area contributed by atoms with E-state index >= 15 is 0 Å². The number of rotatable bonds is 6. The SMILES string of the molecule is CC(C)C(N)CCN(C)C(=O)c1ccc(-c2ccccc2)[nH]1.Cl. The Balaban J connectivity index is 0.00000264. The van der Waals surface area contributed by atoms with Crippen molar-refractivity contribution >= 4 is 18.3 Å². The van der Waals surface area contributed by atoms with Crippen LogP contribution in [-0.4, -0.2) is 35.4 Å². The molecule has 0 radical (unpaired) electrons. The van der Waals surface area contributed by atoms with Crippen molar-refractivity contribution in [3.63, 3.8) is 0 Å². The molecule has 4 nitrogen and oxygen atoms in total. The largest absolute Gasteiger partial charge is 0.351 e. The van der Waals surface area contributed by atoms with E-state index in [9.17, 15) is 4.79 Å². The number of amides is 1. The van der Waals surface area contributed by atoms with Gasteiger partial charge in [-0.1, -0.05) is 44.2 Å². The van der Waals surface area contributed by atoms with E-state index in [0.717, 1.165) is 17.7 Å². The maximum absolute atomic E-state index is 12.4. The smallest absolute Gasteiger partial charge is 0.270 e. The first-order valence-electron chi connectivity index (χ1n) is 7.74. The minimum atomic E-state index is -0.00172. The van der Waals surface area contributed by atoms with E-state index in [-0.39, 0.29) is 24.4 Å². The molecule has 126 valence electrons. The molecule has 5 heteroatoms. The van der Waals surface area contributed by atoms with Crippen LogP contribution in [0.1, 0.15) is 30.8 Å². The fourth-order valence-corrected chi connectivity index (χ4v) is 2.29. The number of benzene rings is 1. The molecule has 0 aliphatic carbocycles. The minimum absolute atomic E-state index is 0. The minimum Gasteiger partial charge on any atom is -0.351 e. The Morgan fingerprint density at radius 2 is 1.83 bits per heavy atom. The molecule has 0 saturated carbocycles. The van der Waals surface area contributed by atoms with Crippen LogP contribution in [0.4, 0.5) is 0 Å². The molecule has 1 unspecified atom stereocenters. The summed E-state index contributed by atoms with van der Waals surface area (Å²) >= 11 is 0. The molecule has 0 spiro atoms. The van der Waals surface area contributed by atoms with E-state index in [1.165, 1.54) is 0 Å². The molecule has 2 rings (SSSR count). The molecule has 1 atom stereocenters. The molecule has 0 aliphatic heterocycles. The first-order chi connectivity index (χ1) is 10.5. The number of nitrogens with zero attached hydrogens (tertiary/aromatic N) is 1. The van der Waals surface area contributed by atoms with Gasteiger partial charge in [0.2, 0.25) is 0 Å². The van der Waals surface area contributed by atoms with Gasteiger partial charge < -0.3 is 15.6 Å². The summed E-state index contributed by atoms with van der Waals surface area (Å²) in [4.78, 5) is 17.3. The Labute approximate surface area is 144 Å². The lowest BCUT2D eigenvalue weighted by molar-refractivity contribution is 0.0784. The highest BCUT2D eigenvalue weighted by molar-refractivity contribution is 5.93. The molecule has 1 amide bonds. The van der Waals surface area contributed by atoms with Crippen LogP contribution in [0.3, 0.4) is 0 Å². The topological polar surface area (TPSA) is 62.1 Å². The van der Waals surface area contributed by atoms with Crippen molar-refractivity contribution in [1.82, 2.24) is 9.88 Å². The third-order valence-corrected chi connectivity index (χ3v) is 4.00. The van der Waals surface area contributed by atoms with Gasteiger partial charge in [-0.3, -0.25) is 4.79 Å². The fraction of sp³-hybridized carbons (Fsp3) is 0.389. The first kappa shape index (κ1) is 19.3. The zero-order chi connectivity index (χ0) is 16.1. The molecule has 0 saturated heterocycles. The summed E-state index contributed by atoms with van der Waals surface area (Å²) in [6, 6.07) is 13.9. The Kier molecular flexibility index (Phi) is 7.33. The maximum Gasteiger partial charge on any atom is 0.270 e. The maximum atomic E-state index is 12.4. The van der Waals surface area contributed by atoms with Gasteiger partial charge in [0.15, 0.2) is 0 Å². The quantitative estimate of drug-likeness (QED) is 0.848. The van der Waals surface area contributed by atoms with Crippen LogP contribution < -0.4 is 5.73 Å². The van der Waals surface area contributed by atoms with Gasteiger partial charge in [-0.05, 0) is 30.0 Å². The molecule has 2 aromatic rings. The summed E-state index contributed by atoms with van der Waals surface area (Å²) in [5, 5.41) is 0. The number of carbonyl (C=O) groups excluding carboxylic acids is 1. The summed E-state index contributed by atoms with van der Waals surface area (Å²) < 4.78 is 0. The predicted octanol–water partition coefficient (Wildman–Crippen LogP) is 3.55. The predicted molar refractivity (Wildman–Crippen MR) is 97.9 cm³/mol. The summed E-state index contributed by atoms with van der Waals surface area (Å²) in [6.07, 6.45) is 0.812. The Hall–Kier alpha value is -1.78. The van der Waals surface area contributed by atoms with Gasteiger partial charge in [0.1, 0.15) is 5.69 Å². The van der Waals surface area contributed by atoms with Crippen molar-refractivity contribution in [2.24, 2.45) is 11.7 Å². The van der Waals surface area contributed by atoms with Crippen LogP contribution >= 0.6 is 12.4 Å². The lowest BCUT2D eigenvalue weighted by atomic mass is 10.0. The summed E-state index contributed by atoms with van der Waals surface area (Å²) in [7, 11) is 1.82. The van der Waals surface area contributed by atoms with Crippen molar-refractivity contribution in [3.05, 3.63) is 48.2 Å². The average molecular weight is 336 g/mol. The molecule has 1 aromatic carbocycles. The van der Waals surface area contributed by atoms with Gasteiger partial charge in [0.05, 0.1) is 0 Å². The molecule has 0 bridgehead atoms. The molecule has 3 N–H and O–H groups in total. The van der Waals surface area contributed by atoms with E-state index in [1.54, 1.807) is 4.90 Å². The number of aromatic nitrogens is 1. The molecular weight excluding hydrogens is 310 g/mol. The summed E-state index contributed by atoms with van der Waals surface area (Å²) in [6.45, 7) is 4.87. The van der Waals surface area contributed by atoms with E-state index in [2.05, 4.69) is 18.8 Å². The number of hydrogen-bond donors (Lipinski definition) is 2. The van der Waals surface area contributed by atoms with E-state index in [0.29, 0.717) is 18.2 Å². The Bertz CT molecular complexity index is 610. The zero-order valence-corrected chi connectivity index (χ0v) is 14.8. The normalized spacial score (nSPS) is 11.9.